The molecule has 0 heterocycles. The van der Waals surface area contributed by atoms with Crippen molar-refractivity contribution in [2.24, 2.45) is 0 Å². The van der Waals surface area contributed by atoms with E-state index in [-0.39, 0.29) is 42.2 Å². The van der Waals surface area contributed by atoms with E-state index in [4.69, 9.17) is 14.6 Å². The molecule has 0 radical (unpaired) electrons. The van der Waals surface area contributed by atoms with Crippen molar-refractivity contribution in [2.75, 3.05) is 19.5 Å². The predicted octanol–water partition coefficient (Wildman–Crippen LogP) is 0.170. The van der Waals surface area contributed by atoms with Crippen LogP contribution in [0, 0.1) is 0 Å². The molecule has 25 heavy (non-hydrogen) atoms. The average molecular weight is 351 g/mol. The summed E-state index contributed by atoms with van der Waals surface area (Å²) < 4.78 is 10.3. The Balaban J connectivity index is 0.00000312. The van der Waals surface area contributed by atoms with Gasteiger partial charge in [0.15, 0.2) is 11.5 Å². The summed E-state index contributed by atoms with van der Waals surface area (Å²) in [5.41, 5.74) is 1.02. The zero-order valence-corrected chi connectivity index (χ0v) is 16.3. The maximum absolute atomic E-state index is 12.0. The van der Waals surface area contributed by atoms with Crippen LogP contribution in [0.2, 0.25) is 0 Å². The number of nitrogens with one attached hydrogen (secondary N) is 1. The number of carboxylic acid groups (broad SMARTS) is 1. The van der Waals surface area contributed by atoms with Crippen molar-refractivity contribution in [2.45, 2.75) is 0 Å². The Morgan fingerprint density at radius 2 is 1.76 bits per heavy atom. The zero-order chi connectivity index (χ0) is 17.5. The third-order valence-electron chi connectivity index (χ3n) is 3.25. The van der Waals surface area contributed by atoms with Gasteiger partial charge in [-0.3, -0.25) is 4.79 Å². The number of rotatable bonds is 6. The van der Waals surface area contributed by atoms with Gasteiger partial charge in [-0.25, -0.2) is 4.79 Å². The zero-order valence-electron chi connectivity index (χ0n) is 15.3. The molecule has 0 unspecified atom stereocenters. The molecule has 0 aliphatic carbocycles. The van der Waals surface area contributed by atoms with Crippen LogP contribution in [0.15, 0.2) is 48.5 Å². The Morgan fingerprint density at radius 1 is 1.08 bits per heavy atom. The van der Waals surface area contributed by atoms with Gasteiger partial charge in [0.25, 0.3) is 0 Å². The van der Waals surface area contributed by atoms with E-state index in [2.05, 4.69) is 5.32 Å². The van der Waals surface area contributed by atoms with Crippen molar-refractivity contribution in [1.29, 1.82) is 0 Å². The van der Waals surface area contributed by atoms with Gasteiger partial charge in [0.05, 0.1) is 25.5 Å². The minimum Gasteiger partial charge on any atom is -1.00 e. The topological polar surface area (TPSA) is 84.9 Å². The number of hydrogen-bond donors (Lipinski definition) is 2. The van der Waals surface area contributed by atoms with Crippen molar-refractivity contribution in [3.05, 3.63) is 59.7 Å². The van der Waals surface area contributed by atoms with E-state index in [1.807, 2.05) is 0 Å². The number of hydrogen-bond acceptors (Lipinski definition) is 4. The molecule has 0 atom stereocenters. The molecule has 7 heteroatoms. The van der Waals surface area contributed by atoms with Gasteiger partial charge in [-0.2, -0.15) is 0 Å². The largest absolute Gasteiger partial charge is 1.00 e. The molecule has 2 N–H and O–H groups in total. The molecule has 2 aromatic rings. The first-order chi connectivity index (χ1) is 11.5. The number of ether oxygens (including phenoxy) is 2. The van der Waals surface area contributed by atoms with E-state index in [0.717, 1.165) is 5.56 Å². The quantitative estimate of drug-likeness (QED) is 0.573. The normalized spacial score (nSPS) is 10.0. The fourth-order valence-corrected chi connectivity index (χ4v) is 2.08. The first-order valence-corrected chi connectivity index (χ1v) is 7.08. The molecule has 0 aliphatic heterocycles. The van der Waals surface area contributed by atoms with Crippen LogP contribution in [0.5, 0.6) is 11.5 Å². The first kappa shape index (κ1) is 20.8. The summed E-state index contributed by atoms with van der Waals surface area (Å²) in [4.78, 5) is 23.1. The number of carbonyl (C=O) groups is 2. The minimum atomic E-state index is -1.10. The molecule has 1 amide bonds. The molecule has 0 aromatic heterocycles. The van der Waals surface area contributed by atoms with Crippen molar-refractivity contribution >= 4 is 23.6 Å². The monoisotopic (exact) mass is 351 g/mol. The molecular weight excluding hydrogens is 333 g/mol. The van der Waals surface area contributed by atoms with Crippen molar-refractivity contribution in [3.8, 4) is 11.5 Å². The molecular formula is C18H18NNaO5. The number of para-hydroxylation sites is 1. The minimum absolute atomic E-state index is 0. The van der Waals surface area contributed by atoms with Gasteiger partial charge >= 0.3 is 35.5 Å². The summed E-state index contributed by atoms with van der Waals surface area (Å²) in [6.07, 6.45) is 2.92. The fourth-order valence-electron chi connectivity index (χ4n) is 2.08. The molecule has 0 bridgehead atoms. The van der Waals surface area contributed by atoms with E-state index >= 15 is 0 Å². The van der Waals surface area contributed by atoms with Crippen LogP contribution in [0.1, 0.15) is 17.3 Å². The number of carbonyl (C=O) groups excluding carboxylic acids is 1. The summed E-state index contributed by atoms with van der Waals surface area (Å²) in [7, 11) is 3.07. The Bertz CT molecular complexity index is 795. The van der Waals surface area contributed by atoms with Crippen LogP contribution >= 0.6 is 0 Å². The summed E-state index contributed by atoms with van der Waals surface area (Å²) in [6, 6.07) is 11.4. The Labute approximate surface area is 169 Å². The molecule has 6 nitrogen and oxygen atoms in total. The summed E-state index contributed by atoms with van der Waals surface area (Å²) in [5, 5.41) is 11.6. The second kappa shape index (κ2) is 9.88. The van der Waals surface area contributed by atoms with E-state index < -0.39 is 11.9 Å². The summed E-state index contributed by atoms with van der Waals surface area (Å²) in [6.45, 7) is 0. The van der Waals surface area contributed by atoms with Crippen molar-refractivity contribution < 1.29 is 55.2 Å². The molecule has 2 rings (SSSR count). The maximum atomic E-state index is 12.0. The van der Waals surface area contributed by atoms with Crippen LogP contribution in [-0.2, 0) is 4.79 Å². The predicted molar refractivity (Wildman–Crippen MR) is 91.7 cm³/mol. The number of anilines is 1. The third kappa shape index (κ3) is 5.63. The molecule has 0 fully saturated rings. The van der Waals surface area contributed by atoms with E-state index in [9.17, 15) is 9.59 Å². The number of carboxylic acids is 1. The van der Waals surface area contributed by atoms with Gasteiger partial charge in [0.2, 0.25) is 5.91 Å². The van der Waals surface area contributed by atoms with Gasteiger partial charge in [0, 0.05) is 6.08 Å². The van der Waals surface area contributed by atoms with Crippen LogP contribution in [0.25, 0.3) is 6.08 Å². The number of amides is 1. The van der Waals surface area contributed by atoms with Gasteiger partial charge in [-0.15, -0.1) is 0 Å². The molecule has 2 aromatic carbocycles. The molecule has 0 spiro atoms. The number of methoxy groups -OCH3 is 2. The fraction of sp³-hybridized carbons (Fsp3) is 0.111. The Morgan fingerprint density at radius 3 is 2.40 bits per heavy atom. The standard InChI is InChI=1S/C18H17NO5.Na.H/c1-23-15-9-7-12(11-16(15)24-2)8-10-17(20)19-14-6-4-3-5-13(14)18(21)22;;/h3-11H,1-2H3,(H,19,20)(H,21,22);;/q;+1;-1. The average Bonchev–Trinajstić information content (AvgIpc) is 2.59. The van der Waals surface area contributed by atoms with E-state index in [1.54, 1.807) is 43.5 Å². The second-order valence-electron chi connectivity index (χ2n) is 4.79. The van der Waals surface area contributed by atoms with Crippen LogP contribution < -0.4 is 44.3 Å². The number of benzene rings is 2. The smallest absolute Gasteiger partial charge is 1.00 e. The van der Waals surface area contributed by atoms with Crippen LogP contribution in [0.3, 0.4) is 0 Å². The Kier molecular flexibility index (Phi) is 8.21. The summed E-state index contributed by atoms with van der Waals surface area (Å²) >= 11 is 0. The Hall–Kier alpha value is -2.28. The van der Waals surface area contributed by atoms with Gasteiger partial charge in [-0.1, -0.05) is 18.2 Å². The number of aromatic carboxylic acids is 1. The van der Waals surface area contributed by atoms with Gasteiger partial charge < -0.3 is 21.3 Å². The SMILES string of the molecule is COc1ccc(C=CC(=O)Nc2ccccc2C(=O)O)cc1OC.[H-].[Na+]. The third-order valence-corrected chi connectivity index (χ3v) is 3.25. The second-order valence-corrected chi connectivity index (χ2v) is 4.79. The van der Waals surface area contributed by atoms with Gasteiger partial charge in [-0.05, 0) is 35.9 Å². The van der Waals surface area contributed by atoms with Crippen molar-refractivity contribution in [3.63, 3.8) is 0 Å². The first-order valence-electron chi connectivity index (χ1n) is 7.08. The van der Waals surface area contributed by atoms with E-state index in [1.165, 1.54) is 25.3 Å². The maximum Gasteiger partial charge on any atom is 1.00 e. The van der Waals surface area contributed by atoms with Crippen molar-refractivity contribution in [1.82, 2.24) is 0 Å². The molecule has 0 saturated carbocycles. The summed E-state index contributed by atoms with van der Waals surface area (Å²) in [5.74, 6) is -0.390. The molecule has 126 valence electrons. The molecule has 0 saturated heterocycles. The molecule has 0 aliphatic rings. The van der Waals surface area contributed by atoms with Crippen LogP contribution in [-0.4, -0.2) is 31.2 Å². The van der Waals surface area contributed by atoms with Gasteiger partial charge in [0.1, 0.15) is 0 Å². The van der Waals surface area contributed by atoms with E-state index in [0.29, 0.717) is 11.5 Å². The van der Waals surface area contributed by atoms with Crippen LogP contribution in [0.4, 0.5) is 5.69 Å².